The average Bonchev–Trinajstić information content (AvgIpc) is 2.41. The summed E-state index contributed by atoms with van der Waals surface area (Å²) in [6.45, 7) is 10.3. The van der Waals surface area contributed by atoms with Gasteiger partial charge < -0.3 is 9.84 Å². The predicted octanol–water partition coefficient (Wildman–Crippen LogP) is 4.28. The first-order valence-corrected chi connectivity index (χ1v) is 7.17. The first-order chi connectivity index (χ1) is 9.79. The van der Waals surface area contributed by atoms with Gasteiger partial charge in [0.1, 0.15) is 5.75 Å². The largest absolute Gasteiger partial charge is 0.439 e. The lowest BCUT2D eigenvalue weighted by atomic mass is 9.91. The van der Waals surface area contributed by atoms with E-state index in [1.807, 2.05) is 32.0 Å². The van der Waals surface area contributed by atoms with Gasteiger partial charge in [0.2, 0.25) is 5.88 Å². The van der Waals surface area contributed by atoms with Gasteiger partial charge in [-0.25, -0.2) is 4.98 Å². The Labute approximate surface area is 126 Å². The Bertz CT molecular complexity index is 642. The van der Waals surface area contributed by atoms with E-state index in [1.54, 1.807) is 6.07 Å². The molecule has 3 heteroatoms. The minimum absolute atomic E-state index is 0.0191. The normalized spacial score (nSPS) is 11.5. The summed E-state index contributed by atoms with van der Waals surface area (Å²) >= 11 is 0. The van der Waals surface area contributed by atoms with Crippen LogP contribution in [0.15, 0.2) is 30.3 Å². The fourth-order valence-electron chi connectivity index (χ4n) is 2.02. The zero-order valence-corrected chi connectivity index (χ0v) is 13.4. The van der Waals surface area contributed by atoms with Gasteiger partial charge in [0, 0.05) is 11.5 Å². The summed E-state index contributed by atoms with van der Waals surface area (Å²) in [6.07, 6.45) is 0. The third kappa shape index (κ3) is 3.82. The van der Waals surface area contributed by atoms with Crippen molar-refractivity contribution in [1.29, 1.82) is 0 Å². The summed E-state index contributed by atoms with van der Waals surface area (Å²) in [5.41, 5.74) is 3.84. The molecule has 0 aliphatic carbocycles. The fraction of sp³-hybridized carbons (Fsp3) is 0.389. The van der Waals surface area contributed by atoms with E-state index < -0.39 is 0 Å². The van der Waals surface area contributed by atoms with Gasteiger partial charge in [-0.3, -0.25) is 0 Å². The smallest absolute Gasteiger partial charge is 0.219 e. The van der Waals surface area contributed by atoms with Crippen LogP contribution in [0, 0.1) is 13.8 Å². The van der Waals surface area contributed by atoms with Crippen LogP contribution in [0.5, 0.6) is 11.6 Å². The average molecular weight is 285 g/mol. The van der Waals surface area contributed by atoms with Gasteiger partial charge in [-0.2, -0.15) is 0 Å². The predicted molar refractivity (Wildman–Crippen MR) is 84.8 cm³/mol. The molecule has 0 fully saturated rings. The van der Waals surface area contributed by atoms with Crippen LogP contribution < -0.4 is 4.74 Å². The number of aryl methyl sites for hydroxylation is 2. The maximum Gasteiger partial charge on any atom is 0.219 e. The second-order valence-corrected chi connectivity index (χ2v) is 6.48. The Morgan fingerprint density at radius 1 is 1.10 bits per heavy atom. The maximum absolute atomic E-state index is 9.43. The van der Waals surface area contributed by atoms with Crippen molar-refractivity contribution in [3.05, 3.63) is 52.7 Å². The summed E-state index contributed by atoms with van der Waals surface area (Å²) in [6, 6.07) is 9.80. The van der Waals surface area contributed by atoms with Crippen molar-refractivity contribution in [3.8, 4) is 11.6 Å². The number of hydrogen-bond donors (Lipinski definition) is 1. The molecule has 0 aliphatic heterocycles. The van der Waals surface area contributed by atoms with Crippen LogP contribution in [-0.2, 0) is 12.0 Å². The second-order valence-electron chi connectivity index (χ2n) is 6.48. The Morgan fingerprint density at radius 2 is 1.81 bits per heavy atom. The van der Waals surface area contributed by atoms with Gasteiger partial charge in [0.25, 0.3) is 0 Å². The topological polar surface area (TPSA) is 42.4 Å². The molecule has 1 aromatic heterocycles. The zero-order valence-electron chi connectivity index (χ0n) is 13.4. The quantitative estimate of drug-likeness (QED) is 0.915. The molecule has 2 rings (SSSR count). The van der Waals surface area contributed by atoms with E-state index in [-0.39, 0.29) is 12.0 Å². The molecule has 0 bridgehead atoms. The lowest BCUT2D eigenvalue weighted by molar-refractivity contribution is 0.280. The summed E-state index contributed by atoms with van der Waals surface area (Å²) in [7, 11) is 0. The van der Waals surface area contributed by atoms with Gasteiger partial charge in [0.05, 0.1) is 12.3 Å². The fourth-order valence-corrected chi connectivity index (χ4v) is 2.02. The molecule has 1 aromatic carbocycles. The second kappa shape index (κ2) is 5.86. The maximum atomic E-state index is 9.43. The van der Waals surface area contributed by atoms with Crippen LogP contribution in [0.4, 0.5) is 0 Å². The number of ether oxygens (including phenoxy) is 1. The highest BCUT2D eigenvalue weighted by Gasteiger charge is 2.18. The van der Waals surface area contributed by atoms with Gasteiger partial charge in [0.15, 0.2) is 0 Å². The van der Waals surface area contributed by atoms with E-state index in [0.717, 1.165) is 28.1 Å². The number of aliphatic hydroxyl groups excluding tert-OH is 1. The Balaban J connectivity index is 2.42. The molecule has 1 heterocycles. The van der Waals surface area contributed by atoms with Crippen LogP contribution >= 0.6 is 0 Å². The molecule has 21 heavy (non-hydrogen) atoms. The Hall–Kier alpha value is -1.87. The lowest BCUT2D eigenvalue weighted by Crippen LogP contribution is -2.14. The third-order valence-corrected chi connectivity index (χ3v) is 3.37. The van der Waals surface area contributed by atoms with Gasteiger partial charge >= 0.3 is 0 Å². The van der Waals surface area contributed by atoms with E-state index in [2.05, 4.69) is 31.8 Å². The standard InChI is InChI=1S/C18H23NO2/c1-12-6-7-13(2)15(8-12)21-17-10-14(11-20)9-16(19-17)18(3,4)5/h6-10,20H,11H2,1-5H3. The molecule has 0 saturated heterocycles. The van der Waals surface area contributed by atoms with E-state index in [4.69, 9.17) is 4.74 Å². The molecule has 0 saturated carbocycles. The number of rotatable bonds is 3. The number of benzene rings is 1. The highest BCUT2D eigenvalue weighted by molar-refractivity contribution is 5.39. The first-order valence-electron chi connectivity index (χ1n) is 7.17. The molecular formula is C18H23NO2. The molecule has 2 aromatic rings. The van der Waals surface area contributed by atoms with E-state index in [1.165, 1.54) is 0 Å². The molecule has 0 spiro atoms. The number of pyridine rings is 1. The number of aromatic nitrogens is 1. The van der Waals surface area contributed by atoms with Gasteiger partial charge in [-0.1, -0.05) is 32.9 Å². The highest BCUT2D eigenvalue weighted by atomic mass is 16.5. The molecule has 1 N–H and O–H groups in total. The SMILES string of the molecule is Cc1ccc(C)c(Oc2cc(CO)cc(C(C)(C)C)n2)c1. The molecule has 0 radical (unpaired) electrons. The van der Waals surface area contributed by atoms with Crippen molar-refractivity contribution < 1.29 is 9.84 Å². The molecule has 3 nitrogen and oxygen atoms in total. The minimum atomic E-state index is -0.0923. The first kappa shape index (κ1) is 15.5. The van der Waals surface area contributed by atoms with Crippen molar-refractivity contribution >= 4 is 0 Å². The van der Waals surface area contributed by atoms with Crippen LogP contribution in [0.25, 0.3) is 0 Å². The Morgan fingerprint density at radius 3 is 2.43 bits per heavy atom. The summed E-state index contributed by atoms with van der Waals surface area (Å²) in [5, 5.41) is 9.43. The van der Waals surface area contributed by atoms with Crippen LogP contribution in [0.3, 0.4) is 0 Å². The highest BCUT2D eigenvalue weighted by Crippen LogP contribution is 2.29. The van der Waals surface area contributed by atoms with Crippen molar-refractivity contribution in [2.24, 2.45) is 0 Å². The van der Waals surface area contributed by atoms with Crippen molar-refractivity contribution in [1.82, 2.24) is 4.98 Å². The van der Waals surface area contributed by atoms with E-state index in [0.29, 0.717) is 5.88 Å². The molecule has 0 atom stereocenters. The van der Waals surface area contributed by atoms with Crippen molar-refractivity contribution in [2.75, 3.05) is 0 Å². The van der Waals surface area contributed by atoms with Crippen molar-refractivity contribution in [3.63, 3.8) is 0 Å². The van der Waals surface area contributed by atoms with Gasteiger partial charge in [-0.05, 0) is 42.7 Å². The summed E-state index contributed by atoms with van der Waals surface area (Å²) < 4.78 is 5.95. The van der Waals surface area contributed by atoms with Crippen molar-refractivity contribution in [2.45, 2.75) is 46.6 Å². The van der Waals surface area contributed by atoms with Gasteiger partial charge in [-0.15, -0.1) is 0 Å². The van der Waals surface area contributed by atoms with Crippen LogP contribution in [0.1, 0.15) is 43.2 Å². The molecule has 0 aliphatic rings. The minimum Gasteiger partial charge on any atom is -0.439 e. The van der Waals surface area contributed by atoms with E-state index in [9.17, 15) is 5.11 Å². The monoisotopic (exact) mass is 285 g/mol. The lowest BCUT2D eigenvalue weighted by Gasteiger charge is -2.20. The molecule has 0 unspecified atom stereocenters. The summed E-state index contributed by atoms with van der Waals surface area (Å²) in [5.74, 6) is 1.33. The van der Waals surface area contributed by atoms with Crippen LogP contribution in [-0.4, -0.2) is 10.1 Å². The number of hydrogen-bond acceptors (Lipinski definition) is 3. The Kier molecular flexibility index (Phi) is 4.33. The zero-order chi connectivity index (χ0) is 15.6. The number of aliphatic hydroxyl groups is 1. The molecule has 0 amide bonds. The summed E-state index contributed by atoms with van der Waals surface area (Å²) in [4.78, 5) is 4.59. The number of nitrogens with zero attached hydrogens (tertiary/aromatic N) is 1. The van der Waals surface area contributed by atoms with Crippen LogP contribution in [0.2, 0.25) is 0 Å². The van der Waals surface area contributed by atoms with E-state index >= 15 is 0 Å². The third-order valence-electron chi connectivity index (χ3n) is 3.37. The molecule has 112 valence electrons. The molecular weight excluding hydrogens is 262 g/mol.